The molecule has 2 heterocycles. The summed E-state index contributed by atoms with van der Waals surface area (Å²) in [5.41, 5.74) is 0.952. The third-order valence-electron chi connectivity index (χ3n) is 4.95. The molecule has 1 aromatic heterocycles. The van der Waals surface area contributed by atoms with E-state index in [4.69, 9.17) is 9.47 Å². The molecule has 3 rings (SSSR count). The minimum absolute atomic E-state index is 0.181. The molecule has 0 unspecified atom stereocenters. The van der Waals surface area contributed by atoms with E-state index in [2.05, 4.69) is 4.98 Å². The van der Waals surface area contributed by atoms with Crippen LogP contribution >= 0.6 is 0 Å². The van der Waals surface area contributed by atoms with Gasteiger partial charge in [-0.1, -0.05) is 18.2 Å². The molecule has 0 saturated carbocycles. The number of hydrogen-bond acceptors (Lipinski definition) is 4. The highest BCUT2D eigenvalue weighted by molar-refractivity contribution is 5.79. The second-order valence-corrected chi connectivity index (χ2v) is 6.63. The monoisotopic (exact) mass is 354 g/mol. The Hall–Kier alpha value is -2.56. The van der Waals surface area contributed by atoms with Crippen molar-refractivity contribution in [3.05, 3.63) is 54.4 Å². The predicted molar refractivity (Wildman–Crippen MR) is 100 cm³/mol. The van der Waals surface area contributed by atoms with Crippen LogP contribution in [0.15, 0.2) is 48.8 Å². The lowest BCUT2D eigenvalue weighted by Gasteiger charge is -2.32. The van der Waals surface area contributed by atoms with Gasteiger partial charge in [-0.15, -0.1) is 0 Å². The number of ether oxygens (including phenoxy) is 2. The number of aromatic nitrogens is 1. The summed E-state index contributed by atoms with van der Waals surface area (Å²) in [5, 5.41) is 0. The third kappa shape index (κ3) is 4.97. The van der Waals surface area contributed by atoms with Crippen molar-refractivity contribution in [3.63, 3.8) is 0 Å². The second kappa shape index (κ2) is 9.22. The highest BCUT2D eigenvalue weighted by Gasteiger charge is 2.23. The molecule has 5 nitrogen and oxygen atoms in total. The van der Waals surface area contributed by atoms with Crippen molar-refractivity contribution in [1.29, 1.82) is 0 Å². The van der Waals surface area contributed by atoms with Crippen molar-refractivity contribution in [2.75, 3.05) is 26.8 Å². The van der Waals surface area contributed by atoms with Gasteiger partial charge in [-0.3, -0.25) is 9.78 Å². The molecule has 1 aromatic carbocycles. The van der Waals surface area contributed by atoms with Gasteiger partial charge < -0.3 is 14.4 Å². The lowest BCUT2D eigenvalue weighted by atomic mass is 9.93. The molecule has 0 N–H and O–H groups in total. The molecule has 0 bridgehead atoms. The number of benzene rings is 1. The van der Waals surface area contributed by atoms with Gasteiger partial charge in [-0.25, -0.2) is 0 Å². The first-order valence-electron chi connectivity index (χ1n) is 9.18. The number of amides is 1. The Balaban J connectivity index is 1.41. The molecule has 5 heteroatoms. The maximum absolute atomic E-state index is 12.6. The Bertz CT molecular complexity index is 697. The molecule has 0 aliphatic carbocycles. The van der Waals surface area contributed by atoms with Crippen molar-refractivity contribution in [2.45, 2.75) is 25.7 Å². The van der Waals surface area contributed by atoms with Crippen molar-refractivity contribution < 1.29 is 14.3 Å². The zero-order chi connectivity index (χ0) is 18.2. The zero-order valence-electron chi connectivity index (χ0n) is 15.3. The fraction of sp³-hybridized carbons (Fsp3) is 0.429. The highest BCUT2D eigenvalue weighted by atomic mass is 16.5. The molecule has 1 aliphatic heterocycles. The van der Waals surface area contributed by atoms with Crippen LogP contribution in [0.4, 0.5) is 0 Å². The van der Waals surface area contributed by atoms with Crippen LogP contribution in [0, 0.1) is 5.92 Å². The van der Waals surface area contributed by atoms with Crippen LogP contribution in [0.3, 0.4) is 0 Å². The molecule has 1 fully saturated rings. The number of carbonyl (C=O) groups excluding carboxylic acids is 1. The van der Waals surface area contributed by atoms with Gasteiger partial charge in [0, 0.05) is 31.0 Å². The topological polar surface area (TPSA) is 51.7 Å². The highest BCUT2D eigenvalue weighted by Crippen LogP contribution is 2.23. The number of likely N-dealkylation sites (tertiary alicyclic amines) is 1. The van der Waals surface area contributed by atoms with Crippen LogP contribution in [0.2, 0.25) is 0 Å². The first kappa shape index (κ1) is 18.2. The van der Waals surface area contributed by atoms with Crippen LogP contribution in [0.25, 0.3) is 0 Å². The predicted octanol–water partition coefficient (Wildman–Crippen LogP) is 3.34. The van der Waals surface area contributed by atoms with Gasteiger partial charge in [0.1, 0.15) is 11.5 Å². The quantitative estimate of drug-likeness (QED) is 0.765. The molecule has 1 aliphatic rings. The van der Waals surface area contributed by atoms with Gasteiger partial charge in [0.05, 0.1) is 20.1 Å². The molecule has 1 amide bonds. The lowest BCUT2D eigenvalue weighted by Crippen LogP contribution is -2.39. The summed E-state index contributed by atoms with van der Waals surface area (Å²) in [5.74, 6) is 2.45. The maximum Gasteiger partial charge on any atom is 0.227 e. The summed E-state index contributed by atoms with van der Waals surface area (Å²) in [6, 6.07) is 11.5. The number of nitrogens with zero attached hydrogens (tertiary/aromatic N) is 2. The second-order valence-electron chi connectivity index (χ2n) is 6.63. The number of piperidine rings is 1. The van der Waals surface area contributed by atoms with Gasteiger partial charge in [0.2, 0.25) is 5.91 Å². The van der Waals surface area contributed by atoms with Crippen LogP contribution in [0.1, 0.15) is 24.8 Å². The van der Waals surface area contributed by atoms with Gasteiger partial charge in [0.25, 0.3) is 0 Å². The van der Waals surface area contributed by atoms with E-state index in [9.17, 15) is 4.79 Å². The summed E-state index contributed by atoms with van der Waals surface area (Å²) in [6.45, 7) is 2.37. The Morgan fingerprint density at radius 2 is 1.88 bits per heavy atom. The number of methoxy groups -OCH3 is 1. The lowest BCUT2D eigenvalue weighted by molar-refractivity contribution is -0.131. The van der Waals surface area contributed by atoms with E-state index in [1.165, 1.54) is 0 Å². The summed E-state index contributed by atoms with van der Waals surface area (Å²) >= 11 is 0. The number of pyridine rings is 1. The molecule has 2 aromatic rings. The number of rotatable bonds is 7. The smallest absolute Gasteiger partial charge is 0.227 e. The Morgan fingerprint density at radius 1 is 1.15 bits per heavy atom. The Labute approximate surface area is 155 Å². The van der Waals surface area contributed by atoms with Crippen molar-refractivity contribution in [3.8, 4) is 11.5 Å². The van der Waals surface area contributed by atoms with Gasteiger partial charge in [0.15, 0.2) is 0 Å². The van der Waals surface area contributed by atoms with E-state index in [0.717, 1.165) is 49.4 Å². The van der Waals surface area contributed by atoms with E-state index >= 15 is 0 Å². The van der Waals surface area contributed by atoms with Gasteiger partial charge in [-0.2, -0.15) is 0 Å². The van der Waals surface area contributed by atoms with Gasteiger partial charge >= 0.3 is 0 Å². The Kier molecular flexibility index (Phi) is 6.47. The summed E-state index contributed by atoms with van der Waals surface area (Å²) < 4.78 is 11.1. The molecule has 138 valence electrons. The SMILES string of the molecule is COc1ccccc1CC(=O)N1CCC(CCOc2ccncc2)CC1. The van der Waals surface area contributed by atoms with E-state index in [-0.39, 0.29) is 5.91 Å². The minimum Gasteiger partial charge on any atom is -0.496 e. The molecule has 0 spiro atoms. The minimum atomic E-state index is 0.181. The van der Waals surface area contributed by atoms with Crippen molar-refractivity contribution in [2.24, 2.45) is 5.92 Å². The normalized spacial score (nSPS) is 14.9. The van der Waals surface area contributed by atoms with Crippen LogP contribution in [0.5, 0.6) is 11.5 Å². The first-order chi connectivity index (χ1) is 12.8. The average Bonchev–Trinajstić information content (AvgIpc) is 2.70. The Morgan fingerprint density at radius 3 is 2.62 bits per heavy atom. The zero-order valence-corrected chi connectivity index (χ0v) is 15.3. The fourth-order valence-electron chi connectivity index (χ4n) is 3.37. The largest absolute Gasteiger partial charge is 0.496 e. The van der Waals surface area contributed by atoms with Crippen LogP contribution in [-0.4, -0.2) is 42.6 Å². The van der Waals surface area contributed by atoms with E-state index in [1.54, 1.807) is 19.5 Å². The van der Waals surface area contributed by atoms with Crippen LogP contribution in [-0.2, 0) is 11.2 Å². The number of carbonyl (C=O) groups is 1. The molecule has 26 heavy (non-hydrogen) atoms. The first-order valence-corrected chi connectivity index (χ1v) is 9.18. The number of para-hydroxylation sites is 1. The molecule has 0 radical (unpaired) electrons. The third-order valence-corrected chi connectivity index (χ3v) is 4.95. The standard InChI is InChI=1S/C21H26N2O3/c1-25-20-5-3-2-4-18(20)16-21(24)23-13-8-17(9-14-23)10-15-26-19-6-11-22-12-7-19/h2-7,11-12,17H,8-10,13-16H2,1H3. The number of hydrogen-bond donors (Lipinski definition) is 0. The fourth-order valence-corrected chi connectivity index (χ4v) is 3.37. The van der Waals surface area contributed by atoms with Crippen LogP contribution < -0.4 is 9.47 Å². The van der Waals surface area contributed by atoms with E-state index in [0.29, 0.717) is 18.9 Å². The molecule has 1 saturated heterocycles. The van der Waals surface area contributed by atoms with Gasteiger partial charge in [-0.05, 0) is 43.4 Å². The van der Waals surface area contributed by atoms with E-state index in [1.807, 2.05) is 41.3 Å². The maximum atomic E-state index is 12.6. The summed E-state index contributed by atoms with van der Waals surface area (Å²) in [7, 11) is 1.64. The molecule has 0 atom stereocenters. The average molecular weight is 354 g/mol. The molecular formula is C21H26N2O3. The molecular weight excluding hydrogens is 328 g/mol. The van der Waals surface area contributed by atoms with Crippen molar-refractivity contribution in [1.82, 2.24) is 9.88 Å². The summed E-state index contributed by atoms with van der Waals surface area (Å²) in [4.78, 5) is 18.5. The van der Waals surface area contributed by atoms with Crippen molar-refractivity contribution >= 4 is 5.91 Å². The summed E-state index contributed by atoms with van der Waals surface area (Å²) in [6.07, 6.45) is 6.98. The van der Waals surface area contributed by atoms with E-state index < -0.39 is 0 Å².